The Morgan fingerprint density at radius 3 is 2.00 bits per heavy atom. The van der Waals surface area contributed by atoms with Crippen LogP contribution >= 0.6 is 11.6 Å². The maximum atomic E-state index is 12.3. The Labute approximate surface area is 147 Å². The van der Waals surface area contributed by atoms with Gasteiger partial charge in [-0.3, -0.25) is 9.59 Å². The highest BCUT2D eigenvalue weighted by molar-refractivity contribution is 6.31. The van der Waals surface area contributed by atoms with E-state index in [0.717, 1.165) is 5.56 Å². The number of carbonyl (C=O) groups excluding carboxylic acids is 2. The number of rotatable bonds is 3. The van der Waals surface area contributed by atoms with Crippen molar-refractivity contribution in [3.63, 3.8) is 0 Å². The van der Waals surface area contributed by atoms with Crippen LogP contribution in [0.4, 0.5) is 5.69 Å². The zero-order valence-electron chi connectivity index (χ0n) is 14.2. The smallest absolute Gasteiger partial charge is 0.255 e. The molecule has 0 unspecified atom stereocenters. The van der Waals surface area contributed by atoms with Crippen LogP contribution in [0.25, 0.3) is 0 Å². The molecular weight excluding hydrogens is 324 g/mol. The summed E-state index contributed by atoms with van der Waals surface area (Å²) >= 11 is 5.96. The lowest BCUT2D eigenvalue weighted by molar-refractivity contribution is 0.0918. The Morgan fingerprint density at radius 1 is 0.917 bits per heavy atom. The van der Waals surface area contributed by atoms with Gasteiger partial charge in [-0.1, -0.05) is 17.7 Å². The molecule has 0 atom stereocenters. The minimum absolute atomic E-state index is 0.167. The van der Waals surface area contributed by atoms with Crippen molar-refractivity contribution < 1.29 is 9.59 Å². The van der Waals surface area contributed by atoms with Gasteiger partial charge in [0.25, 0.3) is 11.8 Å². The Balaban J connectivity index is 2.11. The highest BCUT2D eigenvalue weighted by atomic mass is 35.5. The van der Waals surface area contributed by atoms with E-state index in [1.807, 2.05) is 33.8 Å². The van der Waals surface area contributed by atoms with E-state index in [9.17, 15) is 9.59 Å². The van der Waals surface area contributed by atoms with E-state index in [-0.39, 0.29) is 17.4 Å². The van der Waals surface area contributed by atoms with Gasteiger partial charge in [-0.2, -0.15) is 0 Å². The number of hydrogen-bond acceptors (Lipinski definition) is 2. The number of carbonyl (C=O) groups is 2. The Kier molecular flexibility index (Phi) is 5.30. The lowest BCUT2D eigenvalue weighted by atomic mass is 10.1. The van der Waals surface area contributed by atoms with Crippen LogP contribution in [0.15, 0.2) is 42.5 Å². The molecule has 0 aliphatic rings. The number of nitrogens with one attached hydrogen (secondary N) is 2. The SMILES string of the molecule is Cc1ccc(Cl)cc1NC(=O)c1ccc(C(=O)NC(C)(C)C)cc1. The Morgan fingerprint density at radius 2 is 1.46 bits per heavy atom. The van der Waals surface area contributed by atoms with Gasteiger partial charge in [0.05, 0.1) is 0 Å². The molecule has 0 aliphatic heterocycles. The van der Waals surface area contributed by atoms with Gasteiger partial charge >= 0.3 is 0 Å². The third-order valence-corrected chi connectivity index (χ3v) is 3.58. The van der Waals surface area contributed by atoms with Crippen molar-refractivity contribution >= 4 is 29.1 Å². The fourth-order valence-electron chi connectivity index (χ4n) is 2.11. The second kappa shape index (κ2) is 7.05. The number of benzene rings is 2. The van der Waals surface area contributed by atoms with E-state index in [1.165, 1.54) is 0 Å². The lowest BCUT2D eigenvalue weighted by Gasteiger charge is -2.20. The number of amides is 2. The van der Waals surface area contributed by atoms with Gasteiger partial charge in [0.15, 0.2) is 0 Å². The molecule has 2 amide bonds. The first-order valence-electron chi connectivity index (χ1n) is 7.66. The molecule has 24 heavy (non-hydrogen) atoms. The van der Waals surface area contributed by atoms with Crippen molar-refractivity contribution in [2.24, 2.45) is 0 Å². The molecule has 0 bridgehead atoms. The van der Waals surface area contributed by atoms with E-state index >= 15 is 0 Å². The molecule has 0 saturated carbocycles. The average Bonchev–Trinajstić information content (AvgIpc) is 2.49. The summed E-state index contributed by atoms with van der Waals surface area (Å²) in [4.78, 5) is 24.4. The van der Waals surface area contributed by atoms with Crippen LogP contribution in [0.5, 0.6) is 0 Å². The molecule has 0 saturated heterocycles. The zero-order chi connectivity index (χ0) is 17.9. The first-order valence-corrected chi connectivity index (χ1v) is 8.03. The van der Waals surface area contributed by atoms with Crippen molar-refractivity contribution in [1.82, 2.24) is 5.32 Å². The maximum absolute atomic E-state index is 12.3. The molecule has 2 aromatic carbocycles. The van der Waals surface area contributed by atoms with Gasteiger partial charge in [0, 0.05) is 27.4 Å². The molecular formula is C19H21ClN2O2. The van der Waals surface area contributed by atoms with Crippen molar-refractivity contribution in [3.05, 3.63) is 64.2 Å². The number of halogens is 1. The fourth-order valence-corrected chi connectivity index (χ4v) is 2.28. The number of aryl methyl sites for hydroxylation is 1. The van der Waals surface area contributed by atoms with Gasteiger partial charge in [0.1, 0.15) is 0 Å². The molecule has 2 aromatic rings. The highest BCUT2D eigenvalue weighted by Crippen LogP contribution is 2.21. The molecule has 0 heterocycles. The molecule has 0 radical (unpaired) electrons. The molecule has 4 nitrogen and oxygen atoms in total. The van der Waals surface area contributed by atoms with E-state index in [0.29, 0.717) is 21.8 Å². The molecule has 0 fully saturated rings. The second-order valence-electron chi connectivity index (χ2n) is 6.69. The molecule has 2 N–H and O–H groups in total. The predicted molar refractivity (Wildman–Crippen MR) is 97.8 cm³/mol. The van der Waals surface area contributed by atoms with Crippen molar-refractivity contribution in [2.75, 3.05) is 5.32 Å². The van der Waals surface area contributed by atoms with E-state index < -0.39 is 0 Å². The van der Waals surface area contributed by atoms with Crippen LogP contribution < -0.4 is 10.6 Å². The number of hydrogen-bond donors (Lipinski definition) is 2. The van der Waals surface area contributed by atoms with Crippen molar-refractivity contribution in [1.29, 1.82) is 0 Å². The Bertz CT molecular complexity index is 762. The number of anilines is 1. The first-order chi connectivity index (χ1) is 11.2. The minimum atomic E-state index is -0.308. The van der Waals surface area contributed by atoms with Crippen LogP contribution in [-0.4, -0.2) is 17.4 Å². The first kappa shape index (κ1) is 18.0. The summed E-state index contributed by atoms with van der Waals surface area (Å²) in [5, 5.41) is 6.27. The fraction of sp³-hybridized carbons (Fsp3) is 0.263. The topological polar surface area (TPSA) is 58.2 Å². The van der Waals surface area contributed by atoms with Gasteiger partial charge in [-0.15, -0.1) is 0 Å². The van der Waals surface area contributed by atoms with Crippen molar-refractivity contribution in [2.45, 2.75) is 33.2 Å². The zero-order valence-corrected chi connectivity index (χ0v) is 15.0. The van der Waals surface area contributed by atoms with Gasteiger partial charge in [-0.05, 0) is 69.7 Å². The monoisotopic (exact) mass is 344 g/mol. The molecule has 0 aliphatic carbocycles. The minimum Gasteiger partial charge on any atom is -0.347 e. The molecule has 0 spiro atoms. The van der Waals surface area contributed by atoms with E-state index in [2.05, 4.69) is 10.6 Å². The summed E-state index contributed by atoms with van der Waals surface area (Å²) in [7, 11) is 0. The maximum Gasteiger partial charge on any atom is 0.255 e. The summed E-state index contributed by atoms with van der Waals surface area (Å²) in [5.41, 5.74) is 2.27. The van der Waals surface area contributed by atoms with E-state index in [1.54, 1.807) is 36.4 Å². The van der Waals surface area contributed by atoms with Gasteiger partial charge < -0.3 is 10.6 Å². The second-order valence-corrected chi connectivity index (χ2v) is 7.13. The summed E-state index contributed by atoms with van der Waals surface area (Å²) in [6.45, 7) is 7.64. The Hall–Kier alpha value is -2.33. The highest BCUT2D eigenvalue weighted by Gasteiger charge is 2.16. The summed E-state index contributed by atoms with van der Waals surface area (Å²) in [6, 6.07) is 11.9. The normalized spacial score (nSPS) is 11.0. The molecule has 5 heteroatoms. The van der Waals surface area contributed by atoms with Crippen LogP contribution in [0.3, 0.4) is 0 Å². The van der Waals surface area contributed by atoms with E-state index in [4.69, 9.17) is 11.6 Å². The van der Waals surface area contributed by atoms with Crippen molar-refractivity contribution in [3.8, 4) is 0 Å². The standard InChI is InChI=1S/C19H21ClN2O2/c1-12-5-10-15(20)11-16(12)21-17(23)13-6-8-14(9-7-13)18(24)22-19(2,3)4/h5-11H,1-4H3,(H,21,23)(H,22,24). The van der Waals surface area contributed by atoms with Crippen LogP contribution in [0.1, 0.15) is 47.1 Å². The summed E-state index contributed by atoms with van der Waals surface area (Å²) in [5.74, 6) is -0.414. The molecule has 2 rings (SSSR count). The molecule has 126 valence electrons. The third kappa shape index (κ3) is 4.83. The summed E-state index contributed by atoms with van der Waals surface area (Å²) < 4.78 is 0. The van der Waals surface area contributed by atoms with Crippen LogP contribution in [0.2, 0.25) is 5.02 Å². The van der Waals surface area contributed by atoms with Crippen LogP contribution in [-0.2, 0) is 0 Å². The van der Waals surface area contributed by atoms with Gasteiger partial charge in [-0.25, -0.2) is 0 Å². The lowest BCUT2D eigenvalue weighted by Crippen LogP contribution is -2.40. The third-order valence-electron chi connectivity index (χ3n) is 3.35. The summed E-state index contributed by atoms with van der Waals surface area (Å²) in [6.07, 6.45) is 0. The van der Waals surface area contributed by atoms with Crippen LogP contribution in [0, 0.1) is 6.92 Å². The quantitative estimate of drug-likeness (QED) is 0.865. The average molecular weight is 345 g/mol. The molecule has 0 aromatic heterocycles. The predicted octanol–water partition coefficient (Wildman–Crippen LogP) is 4.43. The largest absolute Gasteiger partial charge is 0.347 e. The van der Waals surface area contributed by atoms with Gasteiger partial charge in [0.2, 0.25) is 0 Å².